The molecular weight excluding hydrogens is 372 g/mol. The molecule has 7 heteroatoms. The van der Waals surface area contributed by atoms with Crippen LogP contribution in [-0.4, -0.2) is 34.9 Å². The van der Waals surface area contributed by atoms with Crippen molar-refractivity contribution in [3.8, 4) is 5.75 Å². The number of hydrogen-bond donors (Lipinski definition) is 1. The molecule has 0 bridgehead atoms. The molecule has 1 heterocycles. The van der Waals surface area contributed by atoms with E-state index in [0.29, 0.717) is 22.7 Å². The van der Waals surface area contributed by atoms with Gasteiger partial charge in [0, 0.05) is 14.1 Å². The third kappa shape index (κ3) is 4.03. The van der Waals surface area contributed by atoms with Gasteiger partial charge >= 0.3 is 0 Å². The van der Waals surface area contributed by atoms with Crippen LogP contribution in [0.3, 0.4) is 0 Å². The Morgan fingerprint density at radius 3 is 2.62 bits per heavy atom. The third-order valence-electron chi connectivity index (χ3n) is 3.57. The van der Waals surface area contributed by atoms with Crippen LogP contribution in [0.2, 0.25) is 0 Å². The number of carbonyl (C=O) groups is 1. The van der Waals surface area contributed by atoms with Gasteiger partial charge in [0.05, 0.1) is 21.4 Å². The van der Waals surface area contributed by atoms with Crippen molar-refractivity contribution in [1.82, 2.24) is 14.9 Å². The van der Waals surface area contributed by atoms with Crippen LogP contribution in [0.4, 0.5) is 5.95 Å². The normalized spacial score (nSPS) is 10.5. The average Bonchev–Trinajstić information content (AvgIpc) is 2.52. The molecule has 0 atom stereocenters. The van der Waals surface area contributed by atoms with E-state index >= 15 is 0 Å². The summed E-state index contributed by atoms with van der Waals surface area (Å²) in [6, 6.07) is 5.92. The monoisotopic (exact) mass is 392 g/mol. The van der Waals surface area contributed by atoms with Crippen LogP contribution in [0.25, 0.3) is 0 Å². The van der Waals surface area contributed by atoms with Crippen molar-refractivity contribution in [2.45, 2.75) is 26.9 Å². The minimum absolute atomic E-state index is 0.127. The molecule has 128 valence electrons. The number of hydrogen-bond acceptors (Lipinski definition) is 5. The summed E-state index contributed by atoms with van der Waals surface area (Å²) in [4.78, 5) is 22.2. The predicted octanol–water partition coefficient (Wildman–Crippen LogP) is 2.97. The van der Waals surface area contributed by atoms with Gasteiger partial charge in [-0.2, -0.15) is 0 Å². The van der Waals surface area contributed by atoms with E-state index in [2.05, 4.69) is 32.8 Å². The summed E-state index contributed by atoms with van der Waals surface area (Å²) in [7, 11) is 3.37. The van der Waals surface area contributed by atoms with E-state index in [9.17, 15) is 4.79 Å². The Kier molecular flexibility index (Phi) is 5.77. The van der Waals surface area contributed by atoms with Crippen LogP contribution in [0.5, 0.6) is 5.75 Å². The van der Waals surface area contributed by atoms with E-state index in [1.54, 1.807) is 21.0 Å². The molecule has 1 amide bonds. The predicted molar refractivity (Wildman–Crippen MR) is 97.1 cm³/mol. The standard InChI is InChI=1S/C17H21BrN4O2/c1-5-11-6-7-14(12(18)8-11)24-9-13-15(16(23)22(3)4)10(2)20-17(19)21-13/h6-8H,5,9H2,1-4H3,(H2,19,20,21). The van der Waals surface area contributed by atoms with Crippen LogP contribution < -0.4 is 10.5 Å². The lowest BCUT2D eigenvalue weighted by Gasteiger charge is -2.16. The van der Waals surface area contributed by atoms with Crippen molar-refractivity contribution in [2.24, 2.45) is 0 Å². The second-order valence-corrected chi connectivity index (χ2v) is 6.45. The topological polar surface area (TPSA) is 81.3 Å². The molecule has 2 aromatic rings. The molecule has 0 aliphatic carbocycles. The number of nitrogens with zero attached hydrogens (tertiary/aromatic N) is 3. The van der Waals surface area contributed by atoms with Gasteiger partial charge in [0.1, 0.15) is 12.4 Å². The van der Waals surface area contributed by atoms with Crippen LogP contribution in [0, 0.1) is 6.92 Å². The maximum atomic E-state index is 12.4. The SMILES string of the molecule is CCc1ccc(OCc2nc(N)nc(C)c2C(=O)N(C)C)c(Br)c1. The molecule has 0 fully saturated rings. The van der Waals surface area contributed by atoms with Gasteiger partial charge in [0.15, 0.2) is 0 Å². The van der Waals surface area contributed by atoms with Crippen molar-refractivity contribution in [1.29, 1.82) is 0 Å². The molecule has 0 saturated carbocycles. The first-order valence-electron chi connectivity index (χ1n) is 7.59. The number of halogens is 1. The Balaban J connectivity index is 2.31. The molecule has 24 heavy (non-hydrogen) atoms. The summed E-state index contributed by atoms with van der Waals surface area (Å²) in [6.07, 6.45) is 0.946. The first-order chi connectivity index (χ1) is 11.3. The molecule has 0 aliphatic heterocycles. The van der Waals surface area contributed by atoms with Crippen LogP contribution in [-0.2, 0) is 13.0 Å². The first-order valence-corrected chi connectivity index (χ1v) is 8.38. The summed E-state index contributed by atoms with van der Waals surface area (Å²) in [6.45, 7) is 3.96. The molecular formula is C17H21BrN4O2. The number of benzene rings is 1. The number of nitrogens with two attached hydrogens (primary N) is 1. The third-order valence-corrected chi connectivity index (χ3v) is 4.19. The summed E-state index contributed by atoms with van der Waals surface area (Å²) in [5.41, 5.74) is 8.38. The number of nitrogen functional groups attached to an aromatic ring is 1. The highest BCUT2D eigenvalue weighted by molar-refractivity contribution is 9.10. The molecule has 0 spiro atoms. The summed E-state index contributed by atoms with van der Waals surface area (Å²) < 4.78 is 6.70. The summed E-state index contributed by atoms with van der Waals surface area (Å²) in [5, 5.41) is 0. The van der Waals surface area contributed by atoms with Gasteiger partial charge in [0.2, 0.25) is 5.95 Å². The van der Waals surface area contributed by atoms with E-state index in [1.165, 1.54) is 10.5 Å². The first kappa shape index (κ1) is 18.2. The maximum absolute atomic E-state index is 12.4. The summed E-state index contributed by atoms with van der Waals surface area (Å²) in [5.74, 6) is 0.638. The molecule has 0 saturated heterocycles. The Morgan fingerprint density at radius 2 is 2.04 bits per heavy atom. The van der Waals surface area contributed by atoms with E-state index in [-0.39, 0.29) is 18.5 Å². The number of rotatable bonds is 5. The molecule has 0 aliphatic rings. The van der Waals surface area contributed by atoms with Crippen molar-refractivity contribution >= 4 is 27.8 Å². The van der Waals surface area contributed by atoms with E-state index < -0.39 is 0 Å². The summed E-state index contributed by atoms with van der Waals surface area (Å²) >= 11 is 3.50. The lowest BCUT2D eigenvalue weighted by atomic mass is 10.1. The number of amides is 1. The lowest BCUT2D eigenvalue weighted by molar-refractivity contribution is 0.0823. The van der Waals surface area contributed by atoms with E-state index in [1.807, 2.05) is 18.2 Å². The molecule has 0 unspecified atom stereocenters. The number of aryl methyl sites for hydroxylation is 2. The lowest BCUT2D eigenvalue weighted by Crippen LogP contribution is -2.26. The van der Waals surface area contributed by atoms with Crippen molar-refractivity contribution in [3.05, 3.63) is 45.2 Å². The van der Waals surface area contributed by atoms with Gasteiger partial charge in [-0.1, -0.05) is 13.0 Å². The highest BCUT2D eigenvalue weighted by atomic mass is 79.9. The molecule has 1 aromatic heterocycles. The number of carbonyl (C=O) groups excluding carboxylic acids is 1. The van der Waals surface area contributed by atoms with Crippen molar-refractivity contribution in [3.63, 3.8) is 0 Å². The largest absolute Gasteiger partial charge is 0.486 e. The molecule has 2 rings (SSSR count). The van der Waals surface area contributed by atoms with Crippen molar-refractivity contribution in [2.75, 3.05) is 19.8 Å². The van der Waals surface area contributed by atoms with Crippen LogP contribution in [0.1, 0.15) is 34.2 Å². The Hall–Kier alpha value is -2.15. The van der Waals surface area contributed by atoms with E-state index in [4.69, 9.17) is 10.5 Å². The highest BCUT2D eigenvalue weighted by Gasteiger charge is 2.20. The fourth-order valence-electron chi connectivity index (χ4n) is 2.29. The average molecular weight is 393 g/mol. The Labute approximate surface area is 150 Å². The van der Waals surface area contributed by atoms with Gasteiger partial charge in [-0.05, 0) is 47.0 Å². The van der Waals surface area contributed by atoms with Gasteiger partial charge < -0.3 is 15.4 Å². The van der Waals surface area contributed by atoms with Crippen LogP contribution in [0.15, 0.2) is 22.7 Å². The van der Waals surface area contributed by atoms with E-state index in [0.717, 1.165) is 10.9 Å². The Morgan fingerprint density at radius 1 is 1.33 bits per heavy atom. The number of aromatic nitrogens is 2. The fourth-order valence-corrected chi connectivity index (χ4v) is 2.83. The second-order valence-electron chi connectivity index (χ2n) is 5.60. The molecule has 1 aromatic carbocycles. The van der Waals surface area contributed by atoms with Crippen molar-refractivity contribution < 1.29 is 9.53 Å². The van der Waals surface area contributed by atoms with Crippen LogP contribution >= 0.6 is 15.9 Å². The van der Waals surface area contributed by atoms with Gasteiger partial charge in [0.25, 0.3) is 5.91 Å². The smallest absolute Gasteiger partial charge is 0.257 e. The number of anilines is 1. The molecule has 2 N–H and O–H groups in total. The zero-order chi connectivity index (χ0) is 17.9. The fraction of sp³-hybridized carbons (Fsp3) is 0.353. The van der Waals surface area contributed by atoms with Gasteiger partial charge in [-0.3, -0.25) is 4.79 Å². The zero-order valence-electron chi connectivity index (χ0n) is 14.3. The van der Waals surface area contributed by atoms with Gasteiger partial charge in [-0.25, -0.2) is 9.97 Å². The van der Waals surface area contributed by atoms with Gasteiger partial charge in [-0.15, -0.1) is 0 Å². The maximum Gasteiger partial charge on any atom is 0.257 e. The minimum Gasteiger partial charge on any atom is -0.486 e. The number of ether oxygens (including phenoxy) is 1. The molecule has 0 radical (unpaired) electrons. The Bertz CT molecular complexity index is 762. The zero-order valence-corrected chi connectivity index (χ0v) is 15.8. The second kappa shape index (κ2) is 7.61. The highest BCUT2D eigenvalue weighted by Crippen LogP contribution is 2.27. The quantitative estimate of drug-likeness (QED) is 0.845. The minimum atomic E-state index is -0.175. The molecule has 6 nitrogen and oxygen atoms in total.